The number of halogens is 1. The van der Waals surface area contributed by atoms with Crippen LogP contribution in [0.1, 0.15) is 25.0 Å². The molecule has 3 rings (SSSR count). The van der Waals surface area contributed by atoms with Crippen molar-refractivity contribution in [3.63, 3.8) is 0 Å². The van der Waals surface area contributed by atoms with Crippen molar-refractivity contribution in [3.8, 4) is 11.1 Å². The van der Waals surface area contributed by atoms with Gasteiger partial charge in [0.1, 0.15) is 11.5 Å². The Morgan fingerprint density at radius 3 is 2.69 bits per heavy atom. The van der Waals surface area contributed by atoms with Crippen LogP contribution in [-0.4, -0.2) is 54.2 Å². The van der Waals surface area contributed by atoms with Gasteiger partial charge in [-0.1, -0.05) is 23.7 Å². The molecule has 0 unspecified atom stereocenters. The number of nitrogens with two attached hydrogens (primary N) is 2. The molecular formula is C21H27ClN6O. The molecule has 0 aliphatic carbocycles. The minimum atomic E-state index is 0.127. The lowest BCUT2D eigenvalue weighted by molar-refractivity contribution is 0.0342. The summed E-state index contributed by atoms with van der Waals surface area (Å²) in [6, 6.07) is 8.09. The first-order valence-corrected chi connectivity index (χ1v) is 10.0. The van der Waals surface area contributed by atoms with E-state index >= 15 is 0 Å². The molecule has 1 aliphatic rings. The smallest absolute Gasteiger partial charge is 0.132 e. The van der Waals surface area contributed by atoms with Gasteiger partial charge in [-0.3, -0.25) is 9.89 Å². The molecule has 1 aromatic heterocycles. The Bertz CT molecular complexity index is 906. The number of ether oxygens (including phenoxy) is 1. The van der Waals surface area contributed by atoms with Gasteiger partial charge < -0.3 is 16.3 Å². The van der Waals surface area contributed by atoms with Crippen molar-refractivity contribution in [2.24, 2.45) is 15.9 Å². The molecule has 0 spiro atoms. The number of aliphatic imine (C=N–C) groups is 1. The van der Waals surface area contributed by atoms with E-state index < -0.39 is 0 Å². The highest BCUT2D eigenvalue weighted by Gasteiger charge is 2.14. The molecule has 8 heteroatoms. The van der Waals surface area contributed by atoms with Gasteiger partial charge in [0, 0.05) is 54.2 Å². The zero-order valence-corrected chi connectivity index (χ0v) is 17.6. The fourth-order valence-corrected chi connectivity index (χ4v) is 3.33. The number of pyridine rings is 1. The minimum absolute atomic E-state index is 0.127. The lowest BCUT2D eigenvalue weighted by Gasteiger charge is -2.27. The molecule has 29 heavy (non-hydrogen) atoms. The number of rotatable bonds is 6. The number of aromatic nitrogens is 1. The fourth-order valence-electron chi connectivity index (χ4n) is 3.09. The van der Waals surface area contributed by atoms with Gasteiger partial charge in [-0.15, -0.1) is 0 Å². The highest BCUT2D eigenvalue weighted by atomic mass is 35.5. The van der Waals surface area contributed by atoms with Crippen molar-refractivity contribution in [1.82, 2.24) is 9.88 Å². The molecule has 1 aromatic carbocycles. The van der Waals surface area contributed by atoms with E-state index in [0.29, 0.717) is 17.1 Å². The third kappa shape index (κ3) is 5.53. The van der Waals surface area contributed by atoms with E-state index in [1.54, 1.807) is 12.4 Å². The third-order valence-electron chi connectivity index (χ3n) is 4.71. The van der Waals surface area contributed by atoms with Crippen LogP contribution in [0.2, 0.25) is 5.02 Å². The second-order valence-corrected chi connectivity index (χ2v) is 7.64. The lowest BCUT2D eigenvalue weighted by Crippen LogP contribution is -2.35. The standard InChI is InChI=1S/C21H27ClN6O/c1-14(2)25-12-20(27-24)18-9-17(11-26-21(18)23)15-3-4-16(19(22)10-15)13-28-5-7-29-8-6-28/h3-4,9-12,14H,5-8,13,24H2,1-2H3,(H2,23,26). The summed E-state index contributed by atoms with van der Waals surface area (Å²) in [5.74, 6) is 5.91. The number of hydrazone groups is 1. The molecule has 1 fully saturated rings. The van der Waals surface area contributed by atoms with E-state index in [9.17, 15) is 0 Å². The van der Waals surface area contributed by atoms with Crippen LogP contribution < -0.4 is 11.6 Å². The van der Waals surface area contributed by atoms with Crippen molar-refractivity contribution in [3.05, 3.63) is 46.6 Å². The number of hydrogen-bond donors (Lipinski definition) is 2. The van der Waals surface area contributed by atoms with E-state index in [0.717, 1.165) is 54.6 Å². The van der Waals surface area contributed by atoms with E-state index in [1.165, 1.54) is 0 Å². The van der Waals surface area contributed by atoms with Gasteiger partial charge in [0.2, 0.25) is 0 Å². The molecule has 2 heterocycles. The molecule has 4 N–H and O–H groups in total. The second-order valence-electron chi connectivity index (χ2n) is 7.24. The Balaban J connectivity index is 1.86. The molecule has 154 valence electrons. The van der Waals surface area contributed by atoms with Gasteiger partial charge in [0.15, 0.2) is 0 Å². The summed E-state index contributed by atoms with van der Waals surface area (Å²) in [6.45, 7) is 8.13. The Morgan fingerprint density at radius 2 is 2.03 bits per heavy atom. The number of hydrogen-bond acceptors (Lipinski definition) is 7. The molecule has 0 bridgehead atoms. The quantitative estimate of drug-likeness (QED) is 0.429. The SMILES string of the molecule is CC(C)N=CC(=NN)c1cc(-c2ccc(CN3CCOCC3)c(Cl)c2)cnc1N. The Hall–Kier alpha value is -2.48. The number of benzene rings is 1. The summed E-state index contributed by atoms with van der Waals surface area (Å²) < 4.78 is 5.40. The fraction of sp³-hybridized carbons (Fsp3) is 0.381. The maximum Gasteiger partial charge on any atom is 0.132 e. The molecule has 1 saturated heterocycles. The van der Waals surface area contributed by atoms with Gasteiger partial charge in [-0.2, -0.15) is 5.10 Å². The third-order valence-corrected chi connectivity index (χ3v) is 5.06. The number of nitrogens with zero attached hydrogens (tertiary/aromatic N) is 4. The highest BCUT2D eigenvalue weighted by molar-refractivity contribution is 6.39. The number of morpholine rings is 1. The Morgan fingerprint density at radius 1 is 1.28 bits per heavy atom. The number of nitrogen functional groups attached to an aromatic ring is 1. The number of anilines is 1. The zero-order valence-electron chi connectivity index (χ0n) is 16.8. The van der Waals surface area contributed by atoms with E-state index in [1.807, 2.05) is 32.0 Å². The van der Waals surface area contributed by atoms with Crippen molar-refractivity contribution >= 4 is 29.3 Å². The van der Waals surface area contributed by atoms with Crippen molar-refractivity contribution in [1.29, 1.82) is 0 Å². The molecular weight excluding hydrogens is 388 g/mol. The van der Waals surface area contributed by atoms with Crippen LogP contribution in [0.5, 0.6) is 0 Å². The maximum absolute atomic E-state index is 6.58. The minimum Gasteiger partial charge on any atom is -0.383 e. The molecule has 0 amide bonds. The van der Waals surface area contributed by atoms with Crippen LogP contribution in [0.3, 0.4) is 0 Å². The van der Waals surface area contributed by atoms with Crippen LogP contribution in [0.25, 0.3) is 11.1 Å². The first-order valence-electron chi connectivity index (χ1n) is 9.63. The van der Waals surface area contributed by atoms with Gasteiger partial charge in [0.25, 0.3) is 0 Å². The van der Waals surface area contributed by atoms with Crippen molar-refractivity contribution in [2.45, 2.75) is 26.4 Å². The topological polar surface area (TPSA) is 102 Å². The average Bonchev–Trinajstić information content (AvgIpc) is 2.72. The average molecular weight is 415 g/mol. The zero-order chi connectivity index (χ0) is 20.8. The first-order chi connectivity index (χ1) is 14.0. The second kappa shape index (κ2) is 9.82. The van der Waals surface area contributed by atoms with Gasteiger partial charge in [-0.25, -0.2) is 4.98 Å². The summed E-state index contributed by atoms with van der Waals surface area (Å²) in [5.41, 5.74) is 10.1. The first kappa shape index (κ1) is 21.2. The monoisotopic (exact) mass is 414 g/mol. The van der Waals surface area contributed by atoms with Crippen molar-refractivity contribution in [2.75, 3.05) is 32.0 Å². The highest BCUT2D eigenvalue weighted by Crippen LogP contribution is 2.28. The van der Waals surface area contributed by atoms with Crippen LogP contribution in [0.4, 0.5) is 5.82 Å². The predicted molar refractivity (Wildman–Crippen MR) is 120 cm³/mol. The summed E-state index contributed by atoms with van der Waals surface area (Å²) in [6.07, 6.45) is 3.35. The van der Waals surface area contributed by atoms with E-state index in [-0.39, 0.29) is 6.04 Å². The van der Waals surface area contributed by atoms with Crippen LogP contribution >= 0.6 is 11.6 Å². The van der Waals surface area contributed by atoms with Gasteiger partial charge in [0.05, 0.1) is 13.2 Å². The predicted octanol–water partition coefficient (Wildman–Crippen LogP) is 2.96. The normalized spacial score (nSPS) is 16.1. The lowest BCUT2D eigenvalue weighted by atomic mass is 10.0. The van der Waals surface area contributed by atoms with Gasteiger partial charge >= 0.3 is 0 Å². The maximum atomic E-state index is 6.58. The molecule has 2 aromatic rings. The Labute approximate surface area is 176 Å². The molecule has 0 atom stereocenters. The molecule has 0 saturated carbocycles. The largest absolute Gasteiger partial charge is 0.383 e. The van der Waals surface area contributed by atoms with Crippen molar-refractivity contribution < 1.29 is 4.74 Å². The summed E-state index contributed by atoms with van der Waals surface area (Å²) in [7, 11) is 0. The molecule has 0 radical (unpaired) electrons. The van der Waals surface area contributed by atoms with E-state index in [2.05, 4.69) is 26.0 Å². The molecule has 7 nitrogen and oxygen atoms in total. The van der Waals surface area contributed by atoms with Crippen LogP contribution in [-0.2, 0) is 11.3 Å². The molecule has 1 aliphatic heterocycles. The van der Waals surface area contributed by atoms with E-state index in [4.69, 9.17) is 27.9 Å². The summed E-state index contributed by atoms with van der Waals surface area (Å²) in [5, 5.41) is 4.55. The summed E-state index contributed by atoms with van der Waals surface area (Å²) in [4.78, 5) is 11.0. The van der Waals surface area contributed by atoms with Crippen LogP contribution in [0, 0.1) is 0 Å². The van der Waals surface area contributed by atoms with Crippen LogP contribution in [0.15, 0.2) is 40.6 Å². The van der Waals surface area contributed by atoms with Gasteiger partial charge in [-0.05, 0) is 37.1 Å². The Kier molecular flexibility index (Phi) is 7.19. The summed E-state index contributed by atoms with van der Waals surface area (Å²) >= 11 is 6.58.